The third kappa shape index (κ3) is 2.64. The Balaban J connectivity index is 2.03. The van der Waals surface area contributed by atoms with Crippen molar-refractivity contribution in [2.45, 2.75) is 12.8 Å². The Morgan fingerprint density at radius 3 is 2.62 bits per heavy atom. The van der Waals surface area contributed by atoms with E-state index in [2.05, 4.69) is 0 Å². The van der Waals surface area contributed by atoms with Crippen LogP contribution in [0.4, 0.5) is 0 Å². The molecule has 2 nitrogen and oxygen atoms in total. The second-order valence-electron chi connectivity index (χ2n) is 3.89. The van der Waals surface area contributed by atoms with Crippen molar-refractivity contribution < 1.29 is 4.79 Å². The molecule has 0 N–H and O–H groups in total. The van der Waals surface area contributed by atoms with Crippen molar-refractivity contribution in [1.82, 2.24) is 4.90 Å². The summed E-state index contributed by atoms with van der Waals surface area (Å²) in [6, 6.07) is 7.51. The second kappa shape index (κ2) is 5.17. The molecule has 1 amide bonds. The molecule has 1 aromatic rings. The minimum atomic E-state index is 0.0809. The van der Waals surface area contributed by atoms with Crippen molar-refractivity contribution >= 4 is 23.6 Å². The number of hydrogen-bond acceptors (Lipinski definition) is 1. The van der Waals surface area contributed by atoms with Gasteiger partial charge in [0.15, 0.2) is 0 Å². The van der Waals surface area contributed by atoms with E-state index in [1.807, 2.05) is 29.2 Å². The van der Waals surface area contributed by atoms with E-state index in [1.54, 1.807) is 12.2 Å². The fraction of sp³-hybridized carbons (Fsp3) is 0.308. The molecule has 0 radical (unpaired) electrons. The minimum absolute atomic E-state index is 0.0809. The average Bonchev–Trinajstić information content (AvgIpc) is 2.81. The molecule has 1 aromatic carbocycles. The van der Waals surface area contributed by atoms with Gasteiger partial charge in [-0.05, 0) is 30.5 Å². The standard InChI is InChI=1S/C13H14ClNO/c14-12-6-2-1-5-11(12)7-8-13(16)15-9-3-4-10-15/h1-2,5-8H,3-4,9-10H2. The van der Waals surface area contributed by atoms with Crippen molar-refractivity contribution in [3.8, 4) is 0 Å². The highest BCUT2D eigenvalue weighted by atomic mass is 35.5. The van der Waals surface area contributed by atoms with Gasteiger partial charge < -0.3 is 4.90 Å². The largest absolute Gasteiger partial charge is 0.339 e. The molecule has 0 saturated carbocycles. The normalized spacial score (nSPS) is 15.9. The van der Waals surface area contributed by atoms with Crippen molar-refractivity contribution in [2.75, 3.05) is 13.1 Å². The fourth-order valence-electron chi connectivity index (χ4n) is 1.81. The summed E-state index contributed by atoms with van der Waals surface area (Å²) in [4.78, 5) is 13.6. The zero-order chi connectivity index (χ0) is 11.4. The number of amides is 1. The summed E-state index contributed by atoms with van der Waals surface area (Å²) in [5.74, 6) is 0.0809. The number of likely N-dealkylation sites (tertiary alicyclic amines) is 1. The predicted octanol–water partition coefficient (Wildman–Crippen LogP) is 2.98. The van der Waals surface area contributed by atoms with E-state index in [9.17, 15) is 4.79 Å². The van der Waals surface area contributed by atoms with Crippen LogP contribution in [0.2, 0.25) is 5.02 Å². The maximum absolute atomic E-state index is 11.7. The molecular formula is C13H14ClNO. The Morgan fingerprint density at radius 1 is 1.25 bits per heavy atom. The molecule has 0 unspecified atom stereocenters. The van der Waals surface area contributed by atoms with Crippen molar-refractivity contribution in [1.29, 1.82) is 0 Å². The van der Waals surface area contributed by atoms with Crippen LogP contribution in [-0.2, 0) is 4.79 Å². The molecule has 1 aliphatic heterocycles. The summed E-state index contributed by atoms with van der Waals surface area (Å²) >= 11 is 5.99. The molecule has 0 aliphatic carbocycles. The Morgan fingerprint density at radius 2 is 1.94 bits per heavy atom. The third-order valence-electron chi connectivity index (χ3n) is 2.73. The number of carbonyl (C=O) groups is 1. The van der Waals surface area contributed by atoms with E-state index in [0.717, 1.165) is 31.5 Å². The van der Waals surface area contributed by atoms with Crippen LogP contribution in [0.25, 0.3) is 6.08 Å². The first-order valence-electron chi connectivity index (χ1n) is 5.49. The Labute approximate surface area is 101 Å². The van der Waals surface area contributed by atoms with E-state index in [0.29, 0.717) is 5.02 Å². The van der Waals surface area contributed by atoms with Crippen molar-refractivity contribution in [3.05, 3.63) is 40.9 Å². The lowest BCUT2D eigenvalue weighted by Crippen LogP contribution is -2.25. The Hall–Kier alpha value is -1.28. The lowest BCUT2D eigenvalue weighted by molar-refractivity contribution is -0.124. The van der Waals surface area contributed by atoms with Crippen LogP contribution < -0.4 is 0 Å². The van der Waals surface area contributed by atoms with Crippen molar-refractivity contribution in [2.24, 2.45) is 0 Å². The predicted molar refractivity (Wildman–Crippen MR) is 66.3 cm³/mol. The molecule has 16 heavy (non-hydrogen) atoms. The first kappa shape index (κ1) is 11.2. The van der Waals surface area contributed by atoms with Gasteiger partial charge in [-0.1, -0.05) is 29.8 Å². The van der Waals surface area contributed by atoms with Gasteiger partial charge in [0.2, 0.25) is 5.91 Å². The monoisotopic (exact) mass is 235 g/mol. The van der Waals surface area contributed by atoms with Crippen LogP contribution >= 0.6 is 11.6 Å². The van der Waals surface area contributed by atoms with Gasteiger partial charge in [-0.25, -0.2) is 0 Å². The molecule has 3 heteroatoms. The van der Waals surface area contributed by atoms with Gasteiger partial charge in [-0.3, -0.25) is 4.79 Å². The molecule has 0 spiro atoms. The molecule has 0 atom stereocenters. The summed E-state index contributed by atoms with van der Waals surface area (Å²) in [5, 5.41) is 0.674. The van der Waals surface area contributed by atoms with E-state index >= 15 is 0 Å². The van der Waals surface area contributed by atoms with Crippen LogP contribution in [-0.4, -0.2) is 23.9 Å². The zero-order valence-electron chi connectivity index (χ0n) is 9.03. The highest BCUT2D eigenvalue weighted by Crippen LogP contribution is 2.16. The maximum atomic E-state index is 11.7. The molecule has 1 fully saturated rings. The molecule has 2 rings (SSSR count). The summed E-state index contributed by atoms with van der Waals surface area (Å²) in [5.41, 5.74) is 0.886. The van der Waals surface area contributed by atoms with Gasteiger partial charge in [-0.15, -0.1) is 0 Å². The quantitative estimate of drug-likeness (QED) is 0.722. The lowest BCUT2D eigenvalue weighted by Gasteiger charge is -2.11. The molecule has 84 valence electrons. The van der Waals surface area contributed by atoms with E-state index in [-0.39, 0.29) is 5.91 Å². The Kier molecular flexibility index (Phi) is 3.62. The number of nitrogens with zero attached hydrogens (tertiary/aromatic N) is 1. The fourth-order valence-corrected chi connectivity index (χ4v) is 2.01. The van der Waals surface area contributed by atoms with Crippen LogP contribution in [0.1, 0.15) is 18.4 Å². The molecular weight excluding hydrogens is 222 g/mol. The van der Waals surface area contributed by atoms with Gasteiger partial charge in [-0.2, -0.15) is 0 Å². The van der Waals surface area contributed by atoms with Gasteiger partial charge in [0.25, 0.3) is 0 Å². The summed E-state index contributed by atoms with van der Waals surface area (Å²) in [6.07, 6.45) is 5.62. The molecule has 0 bridgehead atoms. The average molecular weight is 236 g/mol. The van der Waals surface area contributed by atoms with Gasteiger partial charge in [0.1, 0.15) is 0 Å². The highest BCUT2D eigenvalue weighted by molar-refractivity contribution is 6.32. The molecule has 1 aliphatic rings. The molecule has 0 aromatic heterocycles. The number of rotatable bonds is 2. The Bertz CT molecular complexity index is 408. The van der Waals surface area contributed by atoms with E-state index in [1.165, 1.54) is 0 Å². The third-order valence-corrected chi connectivity index (χ3v) is 3.07. The van der Waals surface area contributed by atoms with Gasteiger partial charge in [0.05, 0.1) is 0 Å². The van der Waals surface area contributed by atoms with Crippen molar-refractivity contribution in [3.63, 3.8) is 0 Å². The van der Waals surface area contributed by atoms with E-state index in [4.69, 9.17) is 11.6 Å². The number of hydrogen-bond donors (Lipinski definition) is 0. The number of benzene rings is 1. The van der Waals surface area contributed by atoms with Gasteiger partial charge in [0, 0.05) is 24.2 Å². The molecule has 1 saturated heterocycles. The van der Waals surface area contributed by atoms with Crippen LogP contribution in [0, 0.1) is 0 Å². The van der Waals surface area contributed by atoms with E-state index < -0.39 is 0 Å². The SMILES string of the molecule is O=C(C=Cc1ccccc1Cl)N1CCCC1. The lowest BCUT2D eigenvalue weighted by atomic mass is 10.2. The second-order valence-corrected chi connectivity index (χ2v) is 4.29. The minimum Gasteiger partial charge on any atom is -0.339 e. The smallest absolute Gasteiger partial charge is 0.246 e. The topological polar surface area (TPSA) is 20.3 Å². The summed E-state index contributed by atoms with van der Waals surface area (Å²) in [6.45, 7) is 1.76. The first-order chi connectivity index (χ1) is 7.77. The highest BCUT2D eigenvalue weighted by Gasteiger charge is 2.14. The summed E-state index contributed by atoms with van der Waals surface area (Å²) in [7, 11) is 0. The van der Waals surface area contributed by atoms with Crippen LogP contribution in [0.5, 0.6) is 0 Å². The zero-order valence-corrected chi connectivity index (χ0v) is 9.78. The van der Waals surface area contributed by atoms with Crippen LogP contribution in [0.15, 0.2) is 30.3 Å². The van der Waals surface area contributed by atoms with Gasteiger partial charge >= 0.3 is 0 Å². The maximum Gasteiger partial charge on any atom is 0.246 e. The summed E-state index contributed by atoms with van der Waals surface area (Å²) < 4.78 is 0. The van der Waals surface area contributed by atoms with Crippen LogP contribution in [0.3, 0.4) is 0 Å². The molecule has 1 heterocycles. The first-order valence-corrected chi connectivity index (χ1v) is 5.87. The number of halogens is 1. The number of carbonyl (C=O) groups excluding carboxylic acids is 1.